The average Bonchev–Trinajstić information content (AvgIpc) is 2.71. The number of carbonyl (C=O) groups is 1. The van der Waals surface area contributed by atoms with Crippen molar-refractivity contribution in [1.82, 2.24) is 4.98 Å². The molecule has 2 rings (SSSR count). The molecule has 1 atom stereocenters. The highest BCUT2D eigenvalue weighted by atomic mass is 16.6. The van der Waals surface area contributed by atoms with Crippen molar-refractivity contribution in [3.8, 4) is 0 Å². The second kappa shape index (κ2) is 6.51. The molecule has 21 heavy (non-hydrogen) atoms. The van der Waals surface area contributed by atoms with Gasteiger partial charge in [-0.3, -0.25) is 10.1 Å². The second-order valence-corrected chi connectivity index (χ2v) is 5.32. The molecule has 7 nitrogen and oxygen atoms in total. The van der Waals surface area contributed by atoms with E-state index in [-0.39, 0.29) is 17.1 Å². The molecule has 7 heteroatoms. The fourth-order valence-electron chi connectivity index (χ4n) is 2.73. The van der Waals surface area contributed by atoms with Crippen molar-refractivity contribution in [3.63, 3.8) is 0 Å². The van der Waals surface area contributed by atoms with E-state index in [1.165, 1.54) is 6.20 Å². The molecule has 0 bridgehead atoms. The topological polar surface area (TPSA) is 96.6 Å². The number of anilines is 1. The number of aromatic nitrogens is 1. The van der Waals surface area contributed by atoms with Gasteiger partial charge in [-0.25, -0.2) is 9.78 Å². The molecule has 1 aromatic rings. The molecule has 2 heterocycles. The Morgan fingerprint density at radius 1 is 1.52 bits per heavy atom. The van der Waals surface area contributed by atoms with Gasteiger partial charge in [0.1, 0.15) is 0 Å². The van der Waals surface area contributed by atoms with Crippen LogP contribution in [0.25, 0.3) is 0 Å². The van der Waals surface area contributed by atoms with Crippen LogP contribution in [0.5, 0.6) is 0 Å². The van der Waals surface area contributed by atoms with Crippen LogP contribution in [0.4, 0.5) is 11.5 Å². The van der Waals surface area contributed by atoms with Gasteiger partial charge >= 0.3 is 11.7 Å². The van der Waals surface area contributed by atoms with Crippen molar-refractivity contribution >= 4 is 17.5 Å². The smallest absolute Gasteiger partial charge is 0.337 e. The first-order chi connectivity index (χ1) is 10.0. The van der Waals surface area contributed by atoms with E-state index in [0.29, 0.717) is 5.92 Å². The Kier molecular flexibility index (Phi) is 4.72. The summed E-state index contributed by atoms with van der Waals surface area (Å²) in [6.45, 7) is 3.60. The highest BCUT2D eigenvalue weighted by molar-refractivity contribution is 5.88. The maximum Gasteiger partial charge on any atom is 0.337 e. The Morgan fingerprint density at radius 2 is 2.29 bits per heavy atom. The predicted molar refractivity (Wildman–Crippen MR) is 77.7 cm³/mol. The van der Waals surface area contributed by atoms with Gasteiger partial charge in [0, 0.05) is 25.4 Å². The monoisotopic (exact) mass is 293 g/mol. The zero-order valence-corrected chi connectivity index (χ0v) is 12.0. The molecular formula is C14H19N3O4. The number of pyridine rings is 1. The largest absolute Gasteiger partial charge is 0.478 e. The third-order valence-electron chi connectivity index (χ3n) is 4.02. The zero-order valence-electron chi connectivity index (χ0n) is 12.0. The molecule has 0 aliphatic carbocycles. The minimum Gasteiger partial charge on any atom is -0.478 e. The van der Waals surface area contributed by atoms with Crippen LogP contribution in [-0.2, 0) is 0 Å². The minimum atomic E-state index is -1.21. The summed E-state index contributed by atoms with van der Waals surface area (Å²) >= 11 is 0. The van der Waals surface area contributed by atoms with Crippen molar-refractivity contribution in [2.75, 3.05) is 18.0 Å². The second-order valence-electron chi connectivity index (χ2n) is 5.32. The summed E-state index contributed by atoms with van der Waals surface area (Å²) in [7, 11) is 0. The number of hydrogen-bond donors (Lipinski definition) is 1. The first-order valence-electron chi connectivity index (χ1n) is 7.15. The molecule has 1 aliphatic rings. The molecule has 1 aliphatic heterocycles. The van der Waals surface area contributed by atoms with E-state index in [4.69, 9.17) is 5.11 Å². The third kappa shape index (κ3) is 3.48. The van der Waals surface area contributed by atoms with Gasteiger partial charge in [0.05, 0.1) is 10.5 Å². The predicted octanol–water partition coefficient (Wildman–Crippen LogP) is 2.70. The number of nitrogens with zero attached hydrogens (tertiary/aromatic N) is 3. The van der Waals surface area contributed by atoms with Crippen LogP contribution < -0.4 is 4.90 Å². The maximum atomic E-state index is 11.2. The van der Waals surface area contributed by atoms with Crippen LogP contribution in [0.15, 0.2) is 12.3 Å². The van der Waals surface area contributed by atoms with E-state index in [1.807, 2.05) is 4.90 Å². The van der Waals surface area contributed by atoms with E-state index < -0.39 is 10.9 Å². The van der Waals surface area contributed by atoms with Crippen LogP contribution in [0.3, 0.4) is 0 Å². The van der Waals surface area contributed by atoms with E-state index in [2.05, 4.69) is 11.9 Å². The average molecular weight is 293 g/mol. The summed E-state index contributed by atoms with van der Waals surface area (Å²) in [4.78, 5) is 27.5. The van der Waals surface area contributed by atoms with Crippen molar-refractivity contribution in [1.29, 1.82) is 0 Å². The molecule has 1 saturated heterocycles. The highest BCUT2D eigenvalue weighted by Gasteiger charge is 2.25. The van der Waals surface area contributed by atoms with E-state index in [0.717, 1.165) is 44.8 Å². The van der Waals surface area contributed by atoms with Gasteiger partial charge < -0.3 is 10.0 Å². The van der Waals surface area contributed by atoms with E-state index in [1.54, 1.807) is 0 Å². The van der Waals surface area contributed by atoms with Gasteiger partial charge in [-0.1, -0.05) is 13.3 Å². The van der Waals surface area contributed by atoms with Gasteiger partial charge in [-0.05, 0) is 25.2 Å². The van der Waals surface area contributed by atoms with Crippen LogP contribution in [0.2, 0.25) is 0 Å². The highest BCUT2D eigenvalue weighted by Crippen LogP contribution is 2.30. The number of aromatic carboxylic acids is 1. The SMILES string of the molecule is CCC1CCCN(c2ncc(C(=O)O)cc2[N+](=O)[O-])CC1. The molecule has 1 aromatic heterocycles. The molecule has 114 valence electrons. The molecule has 1 fully saturated rings. The number of nitro groups is 1. The van der Waals surface area contributed by atoms with E-state index in [9.17, 15) is 14.9 Å². The van der Waals surface area contributed by atoms with Gasteiger partial charge in [-0.15, -0.1) is 0 Å². The van der Waals surface area contributed by atoms with E-state index >= 15 is 0 Å². The molecule has 0 aromatic carbocycles. The van der Waals surface area contributed by atoms with Crippen molar-refractivity contribution in [3.05, 3.63) is 27.9 Å². The normalized spacial score (nSPS) is 19.1. The summed E-state index contributed by atoms with van der Waals surface area (Å²) in [5.41, 5.74) is -0.392. The Labute approximate surface area is 122 Å². The lowest BCUT2D eigenvalue weighted by Gasteiger charge is -2.21. The fourth-order valence-corrected chi connectivity index (χ4v) is 2.73. The molecule has 1 N–H and O–H groups in total. The standard InChI is InChI=1S/C14H19N3O4/c1-2-10-4-3-6-16(7-5-10)13-12(17(20)21)8-11(9-15-13)14(18)19/h8-10H,2-7H2,1H3,(H,18,19). The molecule has 0 radical (unpaired) electrons. The van der Waals surface area contributed by atoms with Gasteiger partial charge in [0.2, 0.25) is 5.82 Å². The van der Waals surface area contributed by atoms with Crippen molar-refractivity contribution < 1.29 is 14.8 Å². The summed E-state index contributed by atoms with van der Waals surface area (Å²) in [5.74, 6) is -0.284. The van der Waals surface area contributed by atoms with Gasteiger partial charge in [0.25, 0.3) is 0 Å². The number of carboxylic acids is 1. The lowest BCUT2D eigenvalue weighted by atomic mass is 9.98. The summed E-state index contributed by atoms with van der Waals surface area (Å²) in [6, 6.07) is 1.09. The summed E-state index contributed by atoms with van der Waals surface area (Å²) < 4.78 is 0. The molecule has 0 spiro atoms. The van der Waals surface area contributed by atoms with Crippen molar-refractivity contribution in [2.24, 2.45) is 5.92 Å². The van der Waals surface area contributed by atoms with Crippen LogP contribution in [0, 0.1) is 16.0 Å². The molecule has 1 unspecified atom stereocenters. The van der Waals surface area contributed by atoms with Crippen LogP contribution in [0.1, 0.15) is 43.0 Å². The quantitative estimate of drug-likeness (QED) is 0.677. The zero-order chi connectivity index (χ0) is 15.4. The van der Waals surface area contributed by atoms with Crippen LogP contribution in [-0.4, -0.2) is 34.1 Å². The molecule has 0 amide bonds. The van der Waals surface area contributed by atoms with Crippen molar-refractivity contribution in [2.45, 2.75) is 32.6 Å². The number of rotatable bonds is 4. The molecule has 0 saturated carbocycles. The molecular weight excluding hydrogens is 274 g/mol. The maximum absolute atomic E-state index is 11.2. The number of hydrogen-bond acceptors (Lipinski definition) is 5. The Bertz CT molecular complexity index is 547. The minimum absolute atomic E-state index is 0.160. The third-order valence-corrected chi connectivity index (χ3v) is 4.02. The van der Waals surface area contributed by atoms with Crippen LogP contribution >= 0.6 is 0 Å². The lowest BCUT2D eigenvalue weighted by Crippen LogP contribution is -2.26. The number of carboxylic acid groups (broad SMARTS) is 1. The first-order valence-corrected chi connectivity index (χ1v) is 7.15. The first kappa shape index (κ1) is 15.2. The Balaban J connectivity index is 2.30. The summed E-state index contributed by atoms with van der Waals surface area (Å²) in [6.07, 6.45) is 5.37. The Morgan fingerprint density at radius 3 is 2.90 bits per heavy atom. The van der Waals surface area contributed by atoms with Gasteiger partial charge in [0.15, 0.2) is 0 Å². The Hall–Kier alpha value is -2.18. The fraction of sp³-hybridized carbons (Fsp3) is 0.571. The summed E-state index contributed by atoms with van der Waals surface area (Å²) in [5, 5.41) is 20.1. The lowest BCUT2D eigenvalue weighted by molar-refractivity contribution is -0.384. The van der Waals surface area contributed by atoms with Gasteiger partial charge in [-0.2, -0.15) is 0 Å².